The molecule has 3 aromatic rings. The lowest BCUT2D eigenvalue weighted by molar-refractivity contribution is -0.121. The molecule has 1 fully saturated rings. The van der Waals surface area contributed by atoms with E-state index in [-0.39, 0.29) is 18.1 Å². The summed E-state index contributed by atoms with van der Waals surface area (Å²) >= 11 is 6.08. The van der Waals surface area contributed by atoms with Gasteiger partial charge in [-0.15, -0.1) is 0 Å². The summed E-state index contributed by atoms with van der Waals surface area (Å²) in [5, 5.41) is 4.82. The number of carbonyl (C=O) groups is 2. The van der Waals surface area contributed by atoms with Crippen LogP contribution in [0.4, 0.5) is 11.5 Å². The Hall–Kier alpha value is -3.39. The number of nitrogens with two attached hydrogens (primary N) is 1. The number of hydrogen-bond acceptors (Lipinski definition) is 6. The van der Waals surface area contributed by atoms with Crippen LogP contribution >= 0.6 is 11.6 Å². The van der Waals surface area contributed by atoms with Crippen LogP contribution in [-0.4, -0.2) is 33.7 Å². The number of hydrogen-bond donors (Lipinski definition) is 1. The van der Waals surface area contributed by atoms with Crippen LogP contribution < -0.4 is 15.4 Å². The predicted molar refractivity (Wildman–Crippen MR) is 108 cm³/mol. The zero-order valence-electron chi connectivity index (χ0n) is 15.8. The molecule has 2 amide bonds. The van der Waals surface area contributed by atoms with Crippen molar-refractivity contribution in [1.29, 1.82) is 0 Å². The minimum atomic E-state index is -0.747. The first-order valence-electron chi connectivity index (χ1n) is 8.89. The summed E-state index contributed by atoms with van der Waals surface area (Å²) in [5.74, 6) is -0.304. The molecule has 0 bridgehead atoms. The van der Waals surface area contributed by atoms with E-state index in [1.54, 1.807) is 37.4 Å². The number of aromatic nitrogens is 3. The van der Waals surface area contributed by atoms with Crippen LogP contribution in [0, 0.1) is 6.92 Å². The molecule has 2 aromatic heterocycles. The van der Waals surface area contributed by atoms with Gasteiger partial charge in [-0.2, -0.15) is 9.78 Å². The SMILES string of the molecule is COc1ccc(Cl)cc1N1C(=O)CC(c2c(C)nn(-c3ccccn3)c2N)C1=O. The fraction of sp³-hybridized carbons (Fsp3) is 0.200. The average Bonchev–Trinajstić information content (AvgIpc) is 3.16. The summed E-state index contributed by atoms with van der Waals surface area (Å²) < 4.78 is 6.78. The van der Waals surface area contributed by atoms with E-state index in [1.807, 2.05) is 6.07 Å². The van der Waals surface area contributed by atoms with E-state index in [1.165, 1.54) is 17.9 Å². The number of methoxy groups -OCH3 is 1. The van der Waals surface area contributed by atoms with E-state index in [9.17, 15) is 9.59 Å². The molecular formula is C20H18ClN5O3. The van der Waals surface area contributed by atoms with E-state index in [0.717, 1.165) is 4.90 Å². The van der Waals surface area contributed by atoms with Gasteiger partial charge in [0.05, 0.1) is 24.4 Å². The maximum Gasteiger partial charge on any atom is 0.242 e. The molecule has 1 aromatic carbocycles. The van der Waals surface area contributed by atoms with Gasteiger partial charge in [-0.1, -0.05) is 17.7 Å². The van der Waals surface area contributed by atoms with Gasteiger partial charge in [0.25, 0.3) is 0 Å². The Morgan fingerprint density at radius 2 is 2.03 bits per heavy atom. The van der Waals surface area contributed by atoms with Crippen molar-refractivity contribution in [2.75, 3.05) is 17.7 Å². The molecule has 1 atom stereocenters. The number of nitrogen functional groups attached to an aromatic ring is 1. The molecule has 9 heteroatoms. The highest BCUT2D eigenvalue weighted by molar-refractivity contribution is 6.31. The standard InChI is InChI=1S/C20H18ClN5O3/c1-11-18(19(22)26(24-11)16-5-3-4-8-23-16)13-10-17(27)25(20(13)28)14-9-12(21)6-7-15(14)29-2/h3-9,13H,10,22H2,1-2H3. The second-order valence-corrected chi connectivity index (χ2v) is 7.06. The first-order valence-corrected chi connectivity index (χ1v) is 9.27. The number of imide groups is 1. The molecule has 0 radical (unpaired) electrons. The minimum Gasteiger partial charge on any atom is -0.495 e. The first-order chi connectivity index (χ1) is 13.9. The fourth-order valence-corrected chi connectivity index (χ4v) is 3.76. The summed E-state index contributed by atoms with van der Waals surface area (Å²) in [6, 6.07) is 10.1. The zero-order valence-corrected chi connectivity index (χ0v) is 16.6. The Morgan fingerprint density at radius 3 is 2.72 bits per heavy atom. The maximum absolute atomic E-state index is 13.2. The molecule has 0 saturated carbocycles. The number of carbonyl (C=O) groups excluding carboxylic acids is 2. The summed E-state index contributed by atoms with van der Waals surface area (Å²) in [7, 11) is 1.47. The van der Waals surface area contributed by atoms with Gasteiger partial charge in [-0.3, -0.25) is 9.59 Å². The van der Waals surface area contributed by atoms with Crippen LogP contribution in [0.15, 0.2) is 42.6 Å². The van der Waals surface area contributed by atoms with E-state index in [0.29, 0.717) is 33.5 Å². The number of halogens is 1. The molecule has 1 aliphatic heterocycles. The van der Waals surface area contributed by atoms with Gasteiger partial charge in [-0.25, -0.2) is 9.88 Å². The normalized spacial score (nSPS) is 16.5. The molecule has 3 heterocycles. The van der Waals surface area contributed by atoms with Crippen LogP contribution in [0.5, 0.6) is 5.75 Å². The van der Waals surface area contributed by atoms with Crippen LogP contribution in [0.1, 0.15) is 23.6 Å². The highest BCUT2D eigenvalue weighted by Crippen LogP contribution is 2.41. The Kier molecular flexibility index (Phi) is 4.71. The third-order valence-electron chi connectivity index (χ3n) is 4.89. The third-order valence-corrected chi connectivity index (χ3v) is 5.12. The number of amides is 2. The van der Waals surface area contributed by atoms with Gasteiger partial charge >= 0.3 is 0 Å². The summed E-state index contributed by atoms with van der Waals surface area (Å²) in [6.45, 7) is 1.76. The lowest BCUT2D eigenvalue weighted by Crippen LogP contribution is -2.30. The lowest BCUT2D eigenvalue weighted by atomic mass is 9.97. The quantitative estimate of drug-likeness (QED) is 0.662. The number of pyridine rings is 1. The third kappa shape index (κ3) is 3.11. The topological polar surface area (TPSA) is 103 Å². The van der Waals surface area contributed by atoms with Gasteiger partial charge in [0.15, 0.2) is 5.82 Å². The first kappa shape index (κ1) is 18.9. The molecule has 148 valence electrons. The molecule has 0 aliphatic carbocycles. The second-order valence-electron chi connectivity index (χ2n) is 6.62. The van der Waals surface area contributed by atoms with Crippen LogP contribution in [-0.2, 0) is 9.59 Å². The van der Waals surface area contributed by atoms with Crippen molar-refractivity contribution >= 4 is 34.9 Å². The molecular weight excluding hydrogens is 394 g/mol. The number of benzene rings is 1. The molecule has 1 saturated heterocycles. The van der Waals surface area contributed by atoms with Crippen molar-refractivity contribution in [1.82, 2.24) is 14.8 Å². The number of rotatable bonds is 4. The van der Waals surface area contributed by atoms with Crippen molar-refractivity contribution in [2.45, 2.75) is 19.3 Å². The lowest BCUT2D eigenvalue weighted by Gasteiger charge is -2.18. The second kappa shape index (κ2) is 7.21. The number of ether oxygens (including phenoxy) is 1. The predicted octanol–water partition coefficient (Wildman–Crippen LogP) is 2.87. The van der Waals surface area contributed by atoms with Crippen LogP contribution in [0.2, 0.25) is 5.02 Å². The monoisotopic (exact) mass is 411 g/mol. The number of anilines is 2. The molecule has 1 unspecified atom stereocenters. The van der Waals surface area contributed by atoms with E-state index >= 15 is 0 Å². The fourth-order valence-electron chi connectivity index (χ4n) is 3.59. The molecule has 1 aliphatic rings. The average molecular weight is 412 g/mol. The molecule has 8 nitrogen and oxygen atoms in total. The van der Waals surface area contributed by atoms with E-state index in [4.69, 9.17) is 22.1 Å². The minimum absolute atomic E-state index is 0.0204. The van der Waals surface area contributed by atoms with Gasteiger partial charge in [0.2, 0.25) is 11.8 Å². The Labute approximate surface area is 171 Å². The highest BCUT2D eigenvalue weighted by Gasteiger charge is 2.44. The van der Waals surface area contributed by atoms with Crippen molar-refractivity contribution in [3.05, 3.63) is 58.9 Å². The number of aryl methyl sites for hydroxylation is 1. The smallest absolute Gasteiger partial charge is 0.242 e. The van der Waals surface area contributed by atoms with Crippen LogP contribution in [0.25, 0.3) is 5.82 Å². The number of nitrogens with zero attached hydrogens (tertiary/aromatic N) is 4. The molecule has 29 heavy (non-hydrogen) atoms. The summed E-state index contributed by atoms with van der Waals surface area (Å²) in [5.41, 5.74) is 7.73. The summed E-state index contributed by atoms with van der Waals surface area (Å²) in [4.78, 5) is 31.4. The molecule has 0 spiro atoms. The van der Waals surface area contributed by atoms with Crippen molar-refractivity contribution in [3.63, 3.8) is 0 Å². The van der Waals surface area contributed by atoms with E-state index in [2.05, 4.69) is 10.1 Å². The Balaban J connectivity index is 1.76. The van der Waals surface area contributed by atoms with Crippen molar-refractivity contribution in [2.24, 2.45) is 0 Å². The van der Waals surface area contributed by atoms with Crippen molar-refractivity contribution < 1.29 is 14.3 Å². The van der Waals surface area contributed by atoms with Gasteiger partial charge in [0.1, 0.15) is 11.6 Å². The van der Waals surface area contributed by atoms with E-state index < -0.39 is 11.8 Å². The molecule has 4 rings (SSSR count). The van der Waals surface area contributed by atoms with Gasteiger partial charge in [0, 0.05) is 23.2 Å². The molecule has 2 N–H and O–H groups in total. The maximum atomic E-state index is 13.2. The highest BCUT2D eigenvalue weighted by atomic mass is 35.5. The van der Waals surface area contributed by atoms with Gasteiger partial charge < -0.3 is 10.5 Å². The Bertz CT molecular complexity index is 1110. The van der Waals surface area contributed by atoms with Crippen molar-refractivity contribution in [3.8, 4) is 11.6 Å². The zero-order chi connectivity index (χ0) is 20.7. The largest absolute Gasteiger partial charge is 0.495 e. The van der Waals surface area contributed by atoms with Crippen LogP contribution in [0.3, 0.4) is 0 Å². The van der Waals surface area contributed by atoms with Gasteiger partial charge in [-0.05, 0) is 37.3 Å². The summed E-state index contributed by atoms with van der Waals surface area (Å²) in [6.07, 6.45) is 1.61. The Morgan fingerprint density at radius 1 is 1.24 bits per heavy atom.